The number of anilines is 1. The lowest BCUT2D eigenvalue weighted by atomic mass is 10.3. The van der Waals surface area contributed by atoms with E-state index in [4.69, 9.17) is 4.84 Å². The summed E-state index contributed by atoms with van der Waals surface area (Å²) < 4.78 is 1.83. The summed E-state index contributed by atoms with van der Waals surface area (Å²) in [6.45, 7) is 0. The Morgan fingerprint density at radius 1 is 1.00 bits per heavy atom. The SMILES string of the molecule is O=C(Nc1ccccc1)O/N=c1/ssc2ccccc12. The monoisotopic (exact) mass is 302 g/mol. The molecule has 1 aromatic heterocycles. The number of hydrogen-bond acceptors (Lipinski definition) is 5. The van der Waals surface area contributed by atoms with E-state index in [2.05, 4.69) is 10.5 Å². The fraction of sp³-hybridized carbons (Fsp3) is 0. The first kappa shape index (κ1) is 12.8. The molecule has 100 valence electrons. The molecule has 4 nitrogen and oxygen atoms in total. The molecule has 2 aromatic carbocycles. The van der Waals surface area contributed by atoms with Gasteiger partial charge in [-0.15, -0.1) is 0 Å². The lowest BCUT2D eigenvalue weighted by molar-refractivity contribution is 0.162. The Hall–Kier alpha value is -2.18. The van der Waals surface area contributed by atoms with Gasteiger partial charge in [0.15, 0.2) is 4.67 Å². The Kier molecular flexibility index (Phi) is 3.76. The Bertz CT molecular complexity index is 793. The number of para-hydroxylation sites is 1. The highest BCUT2D eigenvalue weighted by atomic mass is 32.9. The number of nitrogens with one attached hydrogen (secondary N) is 1. The van der Waals surface area contributed by atoms with Crippen LogP contribution in [-0.4, -0.2) is 6.09 Å². The van der Waals surface area contributed by atoms with Gasteiger partial charge in [-0.25, -0.2) is 4.79 Å². The van der Waals surface area contributed by atoms with Crippen molar-refractivity contribution in [3.05, 3.63) is 59.3 Å². The number of benzene rings is 2. The predicted octanol–water partition coefficient (Wildman–Crippen LogP) is 4.03. The summed E-state index contributed by atoms with van der Waals surface area (Å²) in [5.41, 5.74) is 0.673. The summed E-state index contributed by atoms with van der Waals surface area (Å²) in [6.07, 6.45) is -0.598. The topological polar surface area (TPSA) is 50.7 Å². The van der Waals surface area contributed by atoms with Crippen LogP contribution < -0.4 is 9.99 Å². The number of carbonyl (C=O) groups excluding carboxylic acids is 1. The standard InChI is InChI=1S/C14H10N2O2S2/c17-14(15-10-6-2-1-3-7-10)18-16-13-11-8-4-5-9-12(11)19-20-13/h1-9H,(H,15,17)/b16-13+. The smallest absolute Gasteiger partial charge is 0.296 e. The van der Waals surface area contributed by atoms with Gasteiger partial charge in [-0.3, -0.25) is 10.2 Å². The van der Waals surface area contributed by atoms with Gasteiger partial charge in [0.1, 0.15) is 0 Å². The van der Waals surface area contributed by atoms with Crippen molar-refractivity contribution in [2.24, 2.45) is 5.16 Å². The molecule has 3 rings (SSSR count). The fourth-order valence-electron chi connectivity index (χ4n) is 1.65. The molecule has 1 amide bonds. The molecule has 1 N–H and O–H groups in total. The van der Waals surface area contributed by atoms with E-state index in [1.807, 2.05) is 42.5 Å². The zero-order chi connectivity index (χ0) is 13.8. The highest BCUT2D eigenvalue weighted by Crippen LogP contribution is 2.19. The Labute approximate surface area is 122 Å². The number of carbonyl (C=O) groups is 1. The molecular weight excluding hydrogens is 292 g/mol. The number of hydrogen-bond donors (Lipinski definition) is 1. The van der Waals surface area contributed by atoms with Crippen LogP contribution in [0.1, 0.15) is 0 Å². The third-order valence-corrected chi connectivity index (χ3v) is 4.89. The molecule has 0 unspecified atom stereocenters. The second-order valence-corrected chi connectivity index (χ2v) is 6.09. The molecule has 0 spiro atoms. The first-order valence-corrected chi connectivity index (χ1v) is 8.03. The van der Waals surface area contributed by atoms with E-state index in [0.717, 1.165) is 10.1 Å². The minimum absolute atomic E-state index is 0.598. The minimum Gasteiger partial charge on any atom is -0.296 e. The van der Waals surface area contributed by atoms with Crippen molar-refractivity contribution in [3.8, 4) is 0 Å². The Morgan fingerprint density at radius 3 is 2.60 bits per heavy atom. The van der Waals surface area contributed by atoms with E-state index in [1.54, 1.807) is 22.5 Å². The molecule has 6 heteroatoms. The number of nitrogens with zero attached hydrogens (tertiary/aromatic N) is 1. The molecule has 0 saturated heterocycles. The maximum Gasteiger partial charge on any atom is 0.437 e. The van der Waals surface area contributed by atoms with Crippen molar-refractivity contribution in [2.75, 3.05) is 5.32 Å². The number of fused-ring (bicyclic) bond motifs is 1. The Balaban J connectivity index is 1.75. The van der Waals surface area contributed by atoms with Crippen LogP contribution in [0.4, 0.5) is 10.5 Å². The second-order valence-electron chi connectivity index (χ2n) is 3.93. The minimum atomic E-state index is -0.598. The van der Waals surface area contributed by atoms with Crippen LogP contribution in [0.5, 0.6) is 0 Å². The molecule has 20 heavy (non-hydrogen) atoms. The van der Waals surface area contributed by atoms with Crippen molar-refractivity contribution in [1.82, 2.24) is 0 Å². The molecule has 0 radical (unpaired) electrons. The summed E-state index contributed by atoms with van der Waals surface area (Å²) in [5.74, 6) is 0. The zero-order valence-electron chi connectivity index (χ0n) is 10.3. The molecule has 0 fully saturated rings. The highest BCUT2D eigenvalue weighted by molar-refractivity contribution is 7.71. The zero-order valence-corrected chi connectivity index (χ0v) is 11.9. The van der Waals surface area contributed by atoms with Gasteiger partial charge in [0, 0.05) is 15.8 Å². The van der Waals surface area contributed by atoms with E-state index in [1.165, 1.54) is 10.3 Å². The lowest BCUT2D eigenvalue weighted by Crippen LogP contribution is -2.12. The van der Waals surface area contributed by atoms with Crippen LogP contribution in [0.25, 0.3) is 10.1 Å². The van der Waals surface area contributed by atoms with E-state index in [0.29, 0.717) is 10.4 Å². The van der Waals surface area contributed by atoms with Crippen LogP contribution >= 0.6 is 20.7 Å². The van der Waals surface area contributed by atoms with Crippen molar-refractivity contribution >= 4 is 42.5 Å². The van der Waals surface area contributed by atoms with Gasteiger partial charge in [-0.1, -0.05) is 62.2 Å². The van der Waals surface area contributed by atoms with Gasteiger partial charge < -0.3 is 0 Å². The van der Waals surface area contributed by atoms with Gasteiger partial charge in [0.2, 0.25) is 0 Å². The maximum atomic E-state index is 11.6. The lowest BCUT2D eigenvalue weighted by Gasteiger charge is -2.00. The molecule has 0 atom stereocenters. The van der Waals surface area contributed by atoms with Crippen LogP contribution in [-0.2, 0) is 4.84 Å². The highest BCUT2D eigenvalue weighted by Gasteiger charge is 2.03. The van der Waals surface area contributed by atoms with Crippen molar-refractivity contribution < 1.29 is 9.63 Å². The van der Waals surface area contributed by atoms with E-state index in [-0.39, 0.29) is 0 Å². The van der Waals surface area contributed by atoms with Crippen LogP contribution in [0.15, 0.2) is 59.8 Å². The van der Waals surface area contributed by atoms with Gasteiger partial charge in [0.25, 0.3) is 0 Å². The second kappa shape index (κ2) is 5.85. The molecule has 0 aliphatic heterocycles. The number of amides is 1. The van der Waals surface area contributed by atoms with E-state index < -0.39 is 6.09 Å². The van der Waals surface area contributed by atoms with Gasteiger partial charge in [-0.2, -0.15) is 0 Å². The average molecular weight is 302 g/mol. The van der Waals surface area contributed by atoms with Gasteiger partial charge in [-0.05, 0) is 18.2 Å². The van der Waals surface area contributed by atoms with Crippen molar-refractivity contribution in [2.45, 2.75) is 0 Å². The van der Waals surface area contributed by atoms with Crippen molar-refractivity contribution in [3.63, 3.8) is 0 Å². The third kappa shape index (κ3) is 2.87. The molecule has 0 saturated carbocycles. The summed E-state index contributed by atoms with van der Waals surface area (Å²) in [6, 6.07) is 17.0. The van der Waals surface area contributed by atoms with Crippen LogP contribution in [0.3, 0.4) is 0 Å². The normalized spacial score (nSPS) is 11.5. The quantitative estimate of drug-likeness (QED) is 0.441. The third-order valence-electron chi connectivity index (χ3n) is 2.56. The van der Waals surface area contributed by atoms with Crippen molar-refractivity contribution in [1.29, 1.82) is 0 Å². The van der Waals surface area contributed by atoms with E-state index in [9.17, 15) is 4.79 Å². The fourth-order valence-corrected chi connectivity index (χ4v) is 3.91. The van der Waals surface area contributed by atoms with Crippen LogP contribution in [0, 0.1) is 0 Å². The van der Waals surface area contributed by atoms with E-state index >= 15 is 0 Å². The molecule has 1 heterocycles. The Morgan fingerprint density at radius 2 is 1.75 bits per heavy atom. The molecular formula is C14H10N2O2S2. The predicted molar refractivity (Wildman–Crippen MR) is 81.8 cm³/mol. The molecule has 0 aliphatic carbocycles. The summed E-state index contributed by atoms with van der Waals surface area (Å²) >= 11 is 0. The molecule has 0 aliphatic rings. The van der Waals surface area contributed by atoms with Gasteiger partial charge in [0.05, 0.1) is 0 Å². The molecule has 3 aromatic rings. The van der Waals surface area contributed by atoms with Gasteiger partial charge >= 0.3 is 6.09 Å². The summed E-state index contributed by atoms with van der Waals surface area (Å²) in [7, 11) is 3.09. The number of rotatable bonds is 2. The first-order chi connectivity index (χ1) is 9.83. The van der Waals surface area contributed by atoms with Crippen LogP contribution in [0.2, 0.25) is 0 Å². The molecule has 0 bridgehead atoms. The summed E-state index contributed by atoms with van der Waals surface area (Å²) in [4.78, 5) is 16.5. The summed E-state index contributed by atoms with van der Waals surface area (Å²) in [5, 5.41) is 7.51. The average Bonchev–Trinajstić information content (AvgIpc) is 2.89. The largest absolute Gasteiger partial charge is 0.437 e. The maximum absolute atomic E-state index is 11.6. The first-order valence-electron chi connectivity index (χ1n) is 5.88.